The molecule has 0 aliphatic carbocycles. The first-order chi connectivity index (χ1) is 12.8. The Bertz CT molecular complexity index is 884. The number of halogens is 1. The van der Waals surface area contributed by atoms with E-state index in [9.17, 15) is 13.2 Å². The Balaban J connectivity index is 1.89. The van der Waals surface area contributed by atoms with E-state index in [0.717, 1.165) is 28.7 Å². The van der Waals surface area contributed by atoms with Gasteiger partial charge in [-0.25, -0.2) is 8.42 Å². The molecule has 2 rings (SSSR count). The van der Waals surface area contributed by atoms with Crippen molar-refractivity contribution in [3.63, 3.8) is 0 Å². The van der Waals surface area contributed by atoms with Crippen molar-refractivity contribution in [2.45, 2.75) is 25.8 Å². The van der Waals surface area contributed by atoms with Gasteiger partial charge in [-0.15, -0.1) is 0 Å². The number of carbonyl (C=O) groups is 1. The molecule has 0 radical (unpaired) electrons. The molecule has 5 nitrogen and oxygen atoms in total. The van der Waals surface area contributed by atoms with E-state index in [0.29, 0.717) is 12.1 Å². The average Bonchev–Trinajstić information content (AvgIpc) is 2.59. The van der Waals surface area contributed by atoms with Gasteiger partial charge in [0.1, 0.15) is 5.75 Å². The minimum atomic E-state index is -3.52. The molecular weight excluding hydrogens is 428 g/mol. The predicted molar refractivity (Wildman–Crippen MR) is 112 cm³/mol. The SMILES string of the molecule is CCN(C)Cc1cccc(CNC(=O)CS(=O)(=O)Cc2cccc(Br)c2)c1. The number of hydrogen-bond acceptors (Lipinski definition) is 4. The number of sulfone groups is 1. The highest BCUT2D eigenvalue weighted by atomic mass is 79.9. The number of carbonyl (C=O) groups excluding carboxylic acids is 1. The van der Waals surface area contributed by atoms with E-state index >= 15 is 0 Å². The fourth-order valence-electron chi connectivity index (χ4n) is 2.64. The third kappa shape index (κ3) is 7.82. The lowest BCUT2D eigenvalue weighted by atomic mass is 10.1. The van der Waals surface area contributed by atoms with Crippen LogP contribution in [0.4, 0.5) is 0 Å². The Kier molecular flexibility index (Phi) is 8.01. The molecule has 0 atom stereocenters. The molecule has 0 spiro atoms. The lowest BCUT2D eigenvalue weighted by Gasteiger charge is -2.14. The van der Waals surface area contributed by atoms with Crippen LogP contribution in [0.15, 0.2) is 53.0 Å². The summed E-state index contributed by atoms with van der Waals surface area (Å²) in [6.07, 6.45) is 0. The van der Waals surface area contributed by atoms with E-state index < -0.39 is 21.5 Å². The highest BCUT2D eigenvalue weighted by molar-refractivity contribution is 9.10. The molecule has 0 fully saturated rings. The Morgan fingerprint density at radius 2 is 1.74 bits per heavy atom. The zero-order chi connectivity index (χ0) is 19.9. The molecule has 0 saturated carbocycles. The van der Waals surface area contributed by atoms with Crippen LogP contribution in [0.3, 0.4) is 0 Å². The molecule has 0 aliphatic heterocycles. The predicted octanol–water partition coefficient (Wildman–Crippen LogP) is 3.13. The number of benzene rings is 2. The molecule has 0 aliphatic rings. The van der Waals surface area contributed by atoms with Crippen molar-refractivity contribution < 1.29 is 13.2 Å². The maximum atomic E-state index is 12.3. The molecule has 2 aromatic rings. The van der Waals surface area contributed by atoms with E-state index in [-0.39, 0.29) is 5.75 Å². The highest BCUT2D eigenvalue weighted by Crippen LogP contribution is 2.14. The quantitative estimate of drug-likeness (QED) is 0.634. The van der Waals surface area contributed by atoms with Crippen LogP contribution in [-0.2, 0) is 33.5 Å². The van der Waals surface area contributed by atoms with E-state index in [1.54, 1.807) is 18.2 Å². The van der Waals surface area contributed by atoms with Gasteiger partial charge in [-0.1, -0.05) is 59.3 Å². The van der Waals surface area contributed by atoms with E-state index in [1.165, 1.54) is 0 Å². The van der Waals surface area contributed by atoms with Gasteiger partial charge in [-0.2, -0.15) is 0 Å². The monoisotopic (exact) mass is 452 g/mol. The maximum absolute atomic E-state index is 12.3. The Labute approximate surface area is 169 Å². The van der Waals surface area contributed by atoms with Crippen LogP contribution in [0.1, 0.15) is 23.6 Å². The van der Waals surface area contributed by atoms with Crippen LogP contribution in [0.2, 0.25) is 0 Å². The van der Waals surface area contributed by atoms with Crippen LogP contribution in [0.25, 0.3) is 0 Å². The first kappa shape index (κ1) is 21.6. The summed E-state index contributed by atoms with van der Waals surface area (Å²) in [6, 6.07) is 15.0. The Morgan fingerprint density at radius 1 is 1.07 bits per heavy atom. The Morgan fingerprint density at radius 3 is 2.44 bits per heavy atom. The van der Waals surface area contributed by atoms with Crippen LogP contribution in [-0.4, -0.2) is 38.6 Å². The van der Waals surface area contributed by atoms with Gasteiger partial charge in [0.25, 0.3) is 0 Å². The molecule has 1 N–H and O–H groups in total. The molecule has 27 heavy (non-hydrogen) atoms. The average molecular weight is 453 g/mol. The van der Waals surface area contributed by atoms with Crippen molar-refractivity contribution in [1.29, 1.82) is 0 Å². The van der Waals surface area contributed by atoms with Crippen molar-refractivity contribution in [2.75, 3.05) is 19.3 Å². The van der Waals surface area contributed by atoms with Crippen molar-refractivity contribution in [2.24, 2.45) is 0 Å². The van der Waals surface area contributed by atoms with Gasteiger partial charge in [0.2, 0.25) is 5.91 Å². The van der Waals surface area contributed by atoms with Crippen LogP contribution < -0.4 is 5.32 Å². The third-order valence-electron chi connectivity index (χ3n) is 4.10. The molecule has 0 unspecified atom stereocenters. The van der Waals surface area contributed by atoms with Gasteiger partial charge in [0, 0.05) is 17.6 Å². The summed E-state index contributed by atoms with van der Waals surface area (Å²) in [4.78, 5) is 14.3. The summed E-state index contributed by atoms with van der Waals surface area (Å²) < 4.78 is 25.3. The first-order valence-corrected chi connectivity index (χ1v) is 11.4. The molecule has 1 amide bonds. The van der Waals surface area contributed by atoms with Crippen molar-refractivity contribution >= 4 is 31.7 Å². The molecule has 2 aromatic carbocycles. The summed E-state index contributed by atoms with van der Waals surface area (Å²) in [5, 5.41) is 2.71. The van der Waals surface area contributed by atoms with Gasteiger partial charge in [0.15, 0.2) is 9.84 Å². The summed E-state index contributed by atoms with van der Waals surface area (Å²) in [5.74, 6) is -1.16. The second kappa shape index (κ2) is 10.0. The molecule has 0 aromatic heterocycles. The molecule has 146 valence electrons. The zero-order valence-corrected chi connectivity index (χ0v) is 18.0. The molecule has 0 bridgehead atoms. The maximum Gasteiger partial charge on any atom is 0.235 e. The molecule has 7 heteroatoms. The third-order valence-corrected chi connectivity index (χ3v) is 6.07. The number of amides is 1. The summed E-state index contributed by atoms with van der Waals surface area (Å²) in [7, 11) is -1.48. The fraction of sp³-hybridized carbons (Fsp3) is 0.350. The van der Waals surface area contributed by atoms with Gasteiger partial charge in [-0.05, 0) is 42.4 Å². The summed E-state index contributed by atoms with van der Waals surface area (Å²) in [6.45, 7) is 4.20. The minimum absolute atomic E-state index is 0.154. The lowest BCUT2D eigenvalue weighted by Crippen LogP contribution is -2.30. The number of hydrogen-bond donors (Lipinski definition) is 1. The van der Waals surface area contributed by atoms with E-state index in [4.69, 9.17) is 0 Å². The van der Waals surface area contributed by atoms with Gasteiger partial charge in [-0.3, -0.25) is 4.79 Å². The smallest absolute Gasteiger partial charge is 0.235 e. The molecular formula is C20H25BrN2O3S. The number of nitrogens with zero attached hydrogens (tertiary/aromatic N) is 1. The minimum Gasteiger partial charge on any atom is -0.351 e. The fourth-order valence-corrected chi connectivity index (χ4v) is 4.38. The summed E-state index contributed by atoms with van der Waals surface area (Å²) >= 11 is 3.32. The largest absolute Gasteiger partial charge is 0.351 e. The van der Waals surface area contributed by atoms with E-state index in [1.807, 2.05) is 37.4 Å². The molecule has 0 heterocycles. The Hall–Kier alpha value is -1.70. The van der Waals surface area contributed by atoms with Crippen molar-refractivity contribution in [1.82, 2.24) is 10.2 Å². The first-order valence-electron chi connectivity index (χ1n) is 8.75. The van der Waals surface area contributed by atoms with Crippen LogP contribution in [0.5, 0.6) is 0 Å². The normalized spacial score (nSPS) is 11.6. The second-order valence-electron chi connectivity index (χ2n) is 6.59. The van der Waals surface area contributed by atoms with Crippen LogP contribution >= 0.6 is 15.9 Å². The van der Waals surface area contributed by atoms with Crippen molar-refractivity contribution in [3.8, 4) is 0 Å². The summed E-state index contributed by atoms with van der Waals surface area (Å²) in [5.41, 5.74) is 2.77. The van der Waals surface area contributed by atoms with Gasteiger partial charge >= 0.3 is 0 Å². The standard InChI is InChI=1S/C20H25BrN2O3S/c1-3-23(2)13-17-7-4-6-16(10-17)12-22-20(24)15-27(25,26)14-18-8-5-9-19(21)11-18/h4-11H,3,12-15H2,1-2H3,(H,22,24). The van der Waals surface area contributed by atoms with E-state index in [2.05, 4.69) is 33.1 Å². The molecule has 0 saturated heterocycles. The number of nitrogens with one attached hydrogen (secondary N) is 1. The highest BCUT2D eigenvalue weighted by Gasteiger charge is 2.17. The zero-order valence-electron chi connectivity index (χ0n) is 15.6. The number of rotatable bonds is 9. The van der Waals surface area contributed by atoms with Crippen molar-refractivity contribution in [3.05, 3.63) is 69.7 Å². The van der Waals surface area contributed by atoms with Gasteiger partial charge < -0.3 is 10.2 Å². The second-order valence-corrected chi connectivity index (χ2v) is 9.57. The lowest BCUT2D eigenvalue weighted by molar-refractivity contribution is -0.118. The van der Waals surface area contributed by atoms with Gasteiger partial charge in [0.05, 0.1) is 5.75 Å². The van der Waals surface area contributed by atoms with Crippen LogP contribution in [0, 0.1) is 0 Å². The topological polar surface area (TPSA) is 66.5 Å².